The van der Waals surface area contributed by atoms with E-state index >= 15 is 0 Å². The highest BCUT2D eigenvalue weighted by Gasteiger charge is 2.36. The Morgan fingerprint density at radius 3 is 2.65 bits per heavy atom. The molecule has 3 rings (SSSR count). The van der Waals surface area contributed by atoms with Gasteiger partial charge in [-0.2, -0.15) is 0 Å². The molecule has 0 radical (unpaired) electrons. The number of hydrogen-bond acceptors (Lipinski definition) is 3. The first-order chi connectivity index (χ1) is 8.28. The Labute approximate surface area is 103 Å². The maximum Gasteiger partial charge on any atom is 0.205 e. The van der Waals surface area contributed by atoms with Gasteiger partial charge >= 0.3 is 0 Å². The minimum absolute atomic E-state index is 0.667. The van der Waals surface area contributed by atoms with E-state index in [2.05, 4.69) is 33.7 Å². The summed E-state index contributed by atoms with van der Waals surface area (Å²) in [6.45, 7) is 3.29. The second-order valence-corrected chi connectivity index (χ2v) is 5.39. The smallest absolute Gasteiger partial charge is 0.205 e. The summed E-state index contributed by atoms with van der Waals surface area (Å²) in [4.78, 5) is 6.98. The Morgan fingerprint density at radius 1 is 1.41 bits per heavy atom. The van der Waals surface area contributed by atoms with Crippen LogP contribution in [0, 0.1) is 0 Å². The first-order valence-electron chi connectivity index (χ1n) is 6.78. The normalized spacial score (nSPS) is 31.8. The lowest BCUT2D eigenvalue weighted by molar-refractivity contribution is 0.345. The van der Waals surface area contributed by atoms with E-state index in [1.807, 2.05) is 12.4 Å². The zero-order valence-electron chi connectivity index (χ0n) is 10.8. The quantitative estimate of drug-likeness (QED) is 0.861. The van der Waals surface area contributed by atoms with Gasteiger partial charge in [-0.05, 0) is 32.6 Å². The highest BCUT2D eigenvalue weighted by atomic mass is 15.3. The van der Waals surface area contributed by atoms with Crippen molar-refractivity contribution in [3.63, 3.8) is 0 Å². The van der Waals surface area contributed by atoms with Crippen LogP contribution in [0.4, 0.5) is 5.95 Å². The van der Waals surface area contributed by atoms with Crippen LogP contribution in [0.15, 0.2) is 12.4 Å². The number of imidazole rings is 1. The first kappa shape index (κ1) is 11.1. The molecule has 2 aliphatic rings. The SMILES string of the molecule is CCN(c1nccn1C)C1CC2CCC(C1)N2. The fraction of sp³-hybridized carbons (Fsp3) is 0.769. The molecule has 2 bridgehead atoms. The van der Waals surface area contributed by atoms with Gasteiger partial charge in [0.2, 0.25) is 5.95 Å². The number of rotatable bonds is 3. The monoisotopic (exact) mass is 234 g/mol. The van der Waals surface area contributed by atoms with Gasteiger partial charge in [0.25, 0.3) is 0 Å². The van der Waals surface area contributed by atoms with Crippen LogP contribution in [-0.4, -0.2) is 34.2 Å². The predicted octanol–water partition coefficient (Wildman–Crippen LogP) is 1.53. The summed E-state index contributed by atoms with van der Waals surface area (Å²) >= 11 is 0. The van der Waals surface area contributed by atoms with E-state index in [9.17, 15) is 0 Å². The number of piperidine rings is 1. The Bertz CT molecular complexity index is 375. The molecule has 2 saturated heterocycles. The summed E-state index contributed by atoms with van der Waals surface area (Å²) < 4.78 is 2.13. The van der Waals surface area contributed by atoms with Crippen molar-refractivity contribution in [1.82, 2.24) is 14.9 Å². The van der Waals surface area contributed by atoms with Crippen molar-refractivity contribution in [2.45, 2.75) is 50.7 Å². The molecule has 2 fully saturated rings. The van der Waals surface area contributed by atoms with Crippen LogP contribution < -0.4 is 10.2 Å². The van der Waals surface area contributed by atoms with Gasteiger partial charge in [0.05, 0.1) is 0 Å². The third kappa shape index (κ3) is 1.95. The van der Waals surface area contributed by atoms with Gasteiger partial charge < -0.3 is 14.8 Å². The van der Waals surface area contributed by atoms with E-state index in [0.717, 1.165) is 24.6 Å². The minimum Gasteiger partial charge on any atom is -0.339 e. The number of fused-ring (bicyclic) bond motifs is 2. The van der Waals surface area contributed by atoms with Gasteiger partial charge in [-0.25, -0.2) is 4.98 Å². The lowest BCUT2D eigenvalue weighted by Gasteiger charge is -2.37. The highest BCUT2D eigenvalue weighted by Crippen LogP contribution is 2.31. The summed E-state index contributed by atoms with van der Waals surface area (Å²) in [6, 6.07) is 2.15. The molecule has 1 aromatic heterocycles. The van der Waals surface area contributed by atoms with Crippen molar-refractivity contribution < 1.29 is 0 Å². The lowest BCUT2D eigenvalue weighted by atomic mass is 9.98. The third-order valence-corrected chi connectivity index (χ3v) is 4.28. The van der Waals surface area contributed by atoms with Gasteiger partial charge in [-0.1, -0.05) is 0 Å². The molecule has 2 aliphatic heterocycles. The zero-order valence-corrected chi connectivity index (χ0v) is 10.8. The van der Waals surface area contributed by atoms with E-state index < -0.39 is 0 Å². The van der Waals surface area contributed by atoms with Crippen LogP contribution in [0.3, 0.4) is 0 Å². The largest absolute Gasteiger partial charge is 0.339 e. The van der Waals surface area contributed by atoms with Crippen LogP contribution in [-0.2, 0) is 7.05 Å². The molecular formula is C13H22N4. The maximum absolute atomic E-state index is 4.50. The first-order valence-corrected chi connectivity index (χ1v) is 6.78. The van der Waals surface area contributed by atoms with Gasteiger partial charge in [-0.15, -0.1) is 0 Å². The van der Waals surface area contributed by atoms with E-state index in [0.29, 0.717) is 6.04 Å². The Kier molecular flexibility index (Phi) is 2.82. The highest BCUT2D eigenvalue weighted by molar-refractivity contribution is 5.33. The summed E-state index contributed by atoms with van der Waals surface area (Å²) in [5, 5.41) is 3.71. The Hall–Kier alpha value is -1.03. The van der Waals surface area contributed by atoms with Crippen molar-refractivity contribution in [3.8, 4) is 0 Å². The molecule has 4 nitrogen and oxygen atoms in total. The molecule has 17 heavy (non-hydrogen) atoms. The fourth-order valence-corrected chi connectivity index (χ4v) is 3.48. The number of aromatic nitrogens is 2. The zero-order chi connectivity index (χ0) is 11.8. The molecule has 0 amide bonds. The molecule has 0 aliphatic carbocycles. The third-order valence-electron chi connectivity index (χ3n) is 4.28. The summed E-state index contributed by atoms with van der Waals surface area (Å²) in [5.74, 6) is 1.12. The molecule has 2 unspecified atom stereocenters. The Balaban J connectivity index is 1.79. The standard InChI is InChI=1S/C13H22N4/c1-3-17(13-14-6-7-16(13)2)12-8-10-4-5-11(9-12)15-10/h6-7,10-12,15H,3-5,8-9H2,1-2H3. The van der Waals surface area contributed by atoms with Gasteiger partial charge in [0.1, 0.15) is 0 Å². The number of aryl methyl sites for hydroxylation is 1. The van der Waals surface area contributed by atoms with Gasteiger partial charge in [-0.3, -0.25) is 0 Å². The molecule has 4 heteroatoms. The topological polar surface area (TPSA) is 33.1 Å². The van der Waals surface area contributed by atoms with Crippen molar-refractivity contribution in [2.24, 2.45) is 7.05 Å². The number of hydrogen-bond donors (Lipinski definition) is 1. The Morgan fingerprint density at radius 2 is 2.12 bits per heavy atom. The van der Waals surface area contributed by atoms with E-state index in [1.54, 1.807) is 0 Å². The summed E-state index contributed by atoms with van der Waals surface area (Å²) in [6.07, 6.45) is 9.20. The number of nitrogens with one attached hydrogen (secondary N) is 1. The van der Waals surface area contributed by atoms with E-state index in [1.165, 1.54) is 25.7 Å². The maximum atomic E-state index is 4.50. The lowest BCUT2D eigenvalue weighted by Crippen LogP contribution is -2.49. The van der Waals surface area contributed by atoms with Crippen LogP contribution in [0.5, 0.6) is 0 Å². The van der Waals surface area contributed by atoms with Crippen LogP contribution in [0.2, 0.25) is 0 Å². The fourth-order valence-electron chi connectivity index (χ4n) is 3.48. The second kappa shape index (κ2) is 4.33. The molecule has 2 atom stereocenters. The molecule has 0 spiro atoms. The molecule has 3 heterocycles. The molecule has 0 saturated carbocycles. The van der Waals surface area contributed by atoms with Gasteiger partial charge in [0, 0.05) is 44.1 Å². The molecule has 1 aromatic rings. The van der Waals surface area contributed by atoms with Crippen molar-refractivity contribution in [3.05, 3.63) is 12.4 Å². The summed E-state index contributed by atoms with van der Waals surface area (Å²) in [7, 11) is 2.08. The summed E-state index contributed by atoms with van der Waals surface area (Å²) in [5.41, 5.74) is 0. The minimum atomic E-state index is 0.667. The van der Waals surface area contributed by atoms with Crippen molar-refractivity contribution in [2.75, 3.05) is 11.4 Å². The average Bonchev–Trinajstić information content (AvgIpc) is 2.88. The van der Waals surface area contributed by atoms with Gasteiger partial charge in [0.15, 0.2) is 0 Å². The molecule has 0 aromatic carbocycles. The van der Waals surface area contributed by atoms with E-state index in [-0.39, 0.29) is 0 Å². The van der Waals surface area contributed by atoms with Crippen molar-refractivity contribution >= 4 is 5.95 Å². The van der Waals surface area contributed by atoms with Crippen molar-refractivity contribution in [1.29, 1.82) is 0 Å². The number of anilines is 1. The number of nitrogens with zero attached hydrogens (tertiary/aromatic N) is 3. The van der Waals surface area contributed by atoms with Crippen LogP contribution in [0.1, 0.15) is 32.6 Å². The molecule has 94 valence electrons. The molecule has 1 N–H and O–H groups in total. The molecular weight excluding hydrogens is 212 g/mol. The van der Waals surface area contributed by atoms with Crippen LogP contribution in [0.25, 0.3) is 0 Å². The average molecular weight is 234 g/mol. The second-order valence-electron chi connectivity index (χ2n) is 5.39. The van der Waals surface area contributed by atoms with E-state index in [4.69, 9.17) is 0 Å². The predicted molar refractivity (Wildman–Crippen MR) is 69.2 cm³/mol. The van der Waals surface area contributed by atoms with Crippen LogP contribution >= 0.6 is 0 Å².